The molecule has 1 amide bonds. The molecule has 186 valence electrons. The van der Waals surface area contributed by atoms with E-state index in [1.165, 1.54) is 12.1 Å². The highest BCUT2D eigenvalue weighted by Gasteiger charge is 2.22. The molecule has 0 radical (unpaired) electrons. The second-order valence-electron chi connectivity index (χ2n) is 8.53. The van der Waals surface area contributed by atoms with Crippen LogP contribution in [-0.4, -0.2) is 31.0 Å². The first kappa shape index (κ1) is 24.4. The van der Waals surface area contributed by atoms with Crippen LogP contribution in [0.5, 0.6) is 0 Å². The van der Waals surface area contributed by atoms with Crippen molar-refractivity contribution in [1.82, 2.24) is 14.3 Å². The minimum Gasteiger partial charge on any atom is -0.377 e. The smallest absolute Gasteiger partial charge is 0.267 e. The lowest BCUT2D eigenvalue weighted by Gasteiger charge is -2.11. The first-order valence-corrected chi connectivity index (χ1v) is 13.2. The van der Waals surface area contributed by atoms with Crippen LogP contribution in [0.2, 0.25) is 0 Å². The summed E-state index contributed by atoms with van der Waals surface area (Å²) in [4.78, 5) is 17.8. The number of hydrogen-bond acceptors (Lipinski definition) is 5. The van der Waals surface area contributed by atoms with Gasteiger partial charge in [-0.1, -0.05) is 78.9 Å². The van der Waals surface area contributed by atoms with Gasteiger partial charge in [0.15, 0.2) is 0 Å². The van der Waals surface area contributed by atoms with Crippen LogP contribution in [0, 0.1) is 0 Å². The van der Waals surface area contributed by atoms with E-state index in [9.17, 15) is 13.2 Å². The molecule has 0 fully saturated rings. The Hall–Kier alpha value is -4.27. The van der Waals surface area contributed by atoms with Gasteiger partial charge < -0.3 is 9.30 Å². The molecule has 37 heavy (non-hydrogen) atoms. The van der Waals surface area contributed by atoms with Crippen LogP contribution < -0.4 is 4.72 Å². The average Bonchev–Trinajstić information content (AvgIpc) is 3.27. The predicted molar refractivity (Wildman–Crippen MR) is 143 cm³/mol. The average molecular weight is 512 g/mol. The maximum absolute atomic E-state index is 13.1. The molecule has 0 aliphatic carbocycles. The van der Waals surface area contributed by atoms with Crippen molar-refractivity contribution >= 4 is 27.0 Å². The van der Waals surface area contributed by atoms with Gasteiger partial charge in [0.25, 0.3) is 15.9 Å². The number of aromatic nitrogens is 2. The summed E-state index contributed by atoms with van der Waals surface area (Å²) < 4.78 is 35.0. The Bertz CT molecular complexity index is 1650. The third-order valence-electron chi connectivity index (χ3n) is 6.06. The Labute approximate surface area is 215 Å². The van der Waals surface area contributed by atoms with Crippen molar-refractivity contribution in [2.24, 2.45) is 0 Å². The second-order valence-corrected chi connectivity index (χ2v) is 10.2. The number of benzene rings is 4. The monoisotopic (exact) mass is 511 g/mol. The summed E-state index contributed by atoms with van der Waals surface area (Å²) in [6, 6.07) is 31.4. The minimum absolute atomic E-state index is 0.0140. The molecule has 0 saturated carbocycles. The fourth-order valence-corrected chi connectivity index (χ4v) is 5.23. The maximum Gasteiger partial charge on any atom is 0.267 e. The summed E-state index contributed by atoms with van der Waals surface area (Å²) in [7, 11) is -2.44. The molecule has 0 saturated heterocycles. The number of ether oxygens (including phenoxy) is 1. The summed E-state index contributed by atoms with van der Waals surface area (Å²) in [5.41, 5.74) is 4.62. The zero-order valence-electron chi connectivity index (χ0n) is 20.2. The lowest BCUT2D eigenvalue weighted by atomic mass is 10.0. The number of sulfonamides is 1. The van der Waals surface area contributed by atoms with Crippen LogP contribution in [0.15, 0.2) is 108 Å². The largest absolute Gasteiger partial charge is 0.377 e. The van der Waals surface area contributed by atoms with Gasteiger partial charge in [-0.15, -0.1) is 0 Å². The molecular weight excluding hydrogens is 486 g/mol. The normalized spacial score (nSPS) is 11.5. The van der Waals surface area contributed by atoms with Gasteiger partial charge in [0.2, 0.25) is 0 Å². The lowest BCUT2D eigenvalue weighted by Crippen LogP contribution is -2.30. The Morgan fingerprint density at radius 2 is 1.49 bits per heavy atom. The number of methoxy groups -OCH3 is 1. The minimum atomic E-state index is -4.02. The first-order chi connectivity index (χ1) is 18.0. The third-order valence-corrected chi connectivity index (χ3v) is 7.41. The first-order valence-electron chi connectivity index (χ1n) is 11.7. The van der Waals surface area contributed by atoms with E-state index in [1.807, 2.05) is 28.8 Å². The summed E-state index contributed by atoms with van der Waals surface area (Å²) in [5, 5.41) is 0. The molecule has 1 heterocycles. The molecule has 1 N–H and O–H groups in total. The Balaban J connectivity index is 1.47. The fraction of sp³-hybridized carbons (Fsp3) is 0.103. The Kier molecular flexibility index (Phi) is 6.85. The molecule has 4 aromatic carbocycles. The van der Waals surface area contributed by atoms with E-state index >= 15 is 0 Å². The van der Waals surface area contributed by atoms with Crippen molar-refractivity contribution in [3.63, 3.8) is 0 Å². The lowest BCUT2D eigenvalue weighted by molar-refractivity contribution is 0.0983. The van der Waals surface area contributed by atoms with Crippen molar-refractivity contribution in [3.8, 4) is 11.1 Å². The Morgan fingerprint density at radius 3 is 2.16 bits per heavy atom. The van der Waals surface area contributed by atoms with Crippen LogP contribution in [0.3, 0.4) is 0 Å². The van der Waals surface area contributed by atoms with Gasteiger partial charge in [-0.05, 0) is 41.0 Å². The maximum atomic E-state index is 13.1. The van der Waals surface area contributed by atoms with Gasteiger partial charge in [0.1, 0.15) is 17.9 Å². The van der Waals surface area contributed by atoms with Gasteiger partial charge >= 0.3 is 0 Å². The van der Waals surface area contributed by atoms with E-state index < -0.39 is 15.9 Å². The van der Waals surface area contributed by atoms with Crippen molar-refractivity contribution in [2.45, 2.75) is 18.0 Å². The summed E-state index contributed by atoms with van der Waals surface area (Å²) in [6.45, 7) is 0.748. The van der Waals surface area contributed by atoms with Crippen molar-refractivity contribution in [1.29, 1.82) is 0 Å². The topological polar surface area (TPSA) is 90.3 Å². The fourth-order valence-electron chi connectivity index (χ4n) is 4.25. The van der Waals surface area contributed by atoms with Crippen LogP contribution >= 0.6 is 0 Å². The van der Waals surface area contributed by atoms with Crippen molar-refractivity contribution in [2.75, 3.05) is 7.11 Å². The highest BCUT2D eigenvalue weighted by molar-refractivity contribution is 7.90. The number of carbonyl (C=O) groups excluding carboxylic acids is 1. The summed E-state index contributed by atoms with van der Waals surface area (Å²) in [5.74, 6) is -0.105. The SMILES string of the molecule is COCc1nc2c(C(=O)NS(=O)(=O)c3ccccc3)cccc2n1Cc1ccc(-c2ccccc2)cc1. The van der Waals surface area contributed by atoms with Gasteiger partial charge in [-0.2, -0.15) is 0 Å². The number of imidazole rings is 1. The predicted octanol–water partition coefficient (Wildman–Crippen LogP) is 5.02. The third kappa shape index (κ3) is 5.16. The molecule has 0 aliphatic rings. The van der Waals surface area contributed by atoms with E-state index in [0.717, 1.165) is 16.7 Å². The molecule has 0 spiro atoms. The number of carbonyl (C=O) groups is 1. The molecule has 5 rings (SSSR count). The number of hydrogen-bond donors (Lipinski definition) is 1. The molecule has 1 aromatic heterocycles. The Morgan fingerprint density at radius 1 is 0.838 bits per heavy atom. The number of para-hydroxylation sites is 1. The molecule has 0 aliphatic heterocycles. The number of amides is 1. The van der Waals surface area contributed by atoms with E-state index in [-0.39, 0.29) is 17.1 Å². The van der Waals surface area contributed by atoms with E-state index in [1.54, 1.807) is 37.4 Å². The van der Waals surface area contributed by atoms with Crippen LogP contribution in [-0.2, 0) is 27.9 Å². The van der Waals surface area contributed by atoms with E-state index in [2.05, 4.69) is 46.1 Å². The van der Waals surface area contributed by atoms with Crippen LogP contribution in [0.1, 0.15) is 21.7 Å². The quantitative estimate of drug-likeness (QED) is 0.316. The molecule has 0 unspecified atom stereocenters. The van der Waals surface area contributed by atoms with Gasteiger partial charge in [0.05, 0.1) is 16.0 Å². The summed E-state index contributed by atoms with van der Waals surface area (Å²) >= 11 is 0. The van der Waals surface area contributed by atoms with E-state index in [4.69, 9.17) is 4.74 Å². The summed E-state index contributed by atoms with van der Waals surface area (Å²) in [6.07, 6.45) is 0. The van der Waals surface area contributed by atoms with Gasteiger partial charge in [-0.3, -0.25) is 4.79 Å². The van der Waals surface area contributed by atoms with Crippen molar-refractivity contribution < 1.29 is 17.9 Å². The molecule has 5 aromatic rings. The number of fused-ring (bicyclic) bond motifs is 1. The van der Waals surface area contributed by atoms with E-state index in [0.29, 0.717) is 23.4 Å². The number of nitrogens with zero attached hydrogens (tertiary/aromatic N) is 2. The van der Waals surface area contributed by atoms with Crippen LogP contribution in [0.4, 0.5) is 0 Å². The van der Waals surface area contributed by atoms with Crippen molar-refractivity contribution in [3.05, 3.63) is 120 Å². The molecular formula is C29H25N3O4S. The molecule has 7 nitrogen and oxygen atoms in total. The van der Waals surface area contributed by atoms with Gasteiger partial charge in [-0.25, -0.2) is 18.1 Å². The number of rotatable bonds is 8. The zero-order valence-corrected chi connectivity index (χ0v) is 21.0. The second kappa shape index (κ2) is 10.4. The molecule has 0 bridgehead atoms. The highest BCUT2D eigenvalue weighted by Crippen LogP contribution is 2.24. The number of nitrogens with one attached hydrogen (secondary N) is 1. The van der Waals surface area contributed by atoms with Gasteiger partial charge in [0, 0.05) is 13.7 Å². The zero-order chi connectivity index (χ0) is 25.8. The standard InChI is InChI=1S/C29H25N3O4S/c1-36-20-27-30-28-25(29(33)31-37(34,35)24-11-6-3-7-12-24)13-8-14-26(28)32(27)19-21-15-17-23(18-16-21)22-9-4-2-5-10-22/h2-18H,19-20H2,1H3,(H,31,33). The molecule has 8 heteroatoms. The highest BCUT2D eigenvalue weighted by atomic mass is 32.2. The molecule has 0 atom stereocenters. The van der Waals surface area contributed by atoms with Crippen LogP contribution in [0.25, 0.3) is 22.2 Å².